The van der Waals surface area contributed by atoms with Gasteiger partial charge in [0.1, 0.15) is 11.1 Å². The van der Waals surface area contributed by atoms with E-state index in [0.717, 1.165) is 31.2 Å². The van der Waals surface area contributed by atoms with Crippen LogP contribution in [0.1, 0.15) is 47.9 Å². The Morgan fingerprint density at radius 1 is 1.10 bits per heavy atom. The number of unbranched alkanes of at least 4 members (excludes halogenated alkanes) is 1. The highest BCUT2D eigenvalue weighted by Crippen LogP contribution is 2.26. The molecule has 4 nitrogen and oxygen atoms in total. The van der Waals surface area contributed by atoms with Crippen LogP contribution in [-0.4, -0.2) is 5.97 Å². The SMILES string of the molecule is C=CCC/C=C/CCc1ccc(C(=O)Oc2ccc3cc(CC)oc(=O)c3c2F)cc1. The van der Waals surface area contributed by atoms with Gasteiger partial charge in [0.25, 0.3) is 0 Å². The van der Waals surface area contributed by atoms with Crippen LogP contribution in [0.25, 0.3) is 10.8 Å². The summed E-state index contributed by atoms with van der Waals surface area (Å²) in [5.41, 5.74) is 0.608. The predicted octanol–water partition coefficient (Wildman–Crippen LogP) is 6.17. The molecule has 0 aliphatic heterocycles. The topological polar surface area (TPSA) is 56.5 Å². The molecule has 0 aliphatic carbocycles. The Morgan fingerprint density at radius 2 is 1.84 bits per heavy atom. The quantitative estimate of drug-likeness (QED) is 0.180. The number of carbonyl (C=O) groups is 1. The maximum Gasteiger partial charge on any atom is 0.346 e. The van der Waals surface area contributed by atoms with Crippen LogP contribution in [0.4, 0.5) is 4.39 Å². The molecule has 1 heterocycles. The largest absolute Gasteiger partial charge is 0.427 e. The van der Waals surface area contributed by atoms with Gasteiger partial charge in [0, 0.05) is 6.42 Å². The molecule has 1 aromatic heterocycles. The van der Waals surface area contributed by atoms with Crippen molar-refractivity contribution in [3.63, 3.8) is 0 Å². The Kier molecular flexibility index (Phi) is 7.55. The third-order valence-electron chi connectivity index (χ3n) is 4.93. The zero-order valence-electron chi connectivity index (χ0n) is 17.5. The van der Waals surface area contributed by atoms with E-state index in [9.17, 15) is 14.0 Å². The summed E-state index contributed by atoms with van der Waals surface area (Å²) >= 11 is 0. The maximum atomic E-state index is 14.8. The second-order valence-electron chi connectivity index (χ2n) is 7.16. The normalized spacial score (nSPS) is 11.2. The number of fused-ring (bicyclic) bond motifs is 1. The van der Waals surface area contributed by atoms with E-state index in [4.69, 9.17) is 9.15 Å². The standard InChI is InChI=1S/C26H25FO4/c1-3-5-6-7-8-9-10-18-11-13-19(14-12-18)25(28)31-22-16-15-20-17-21(4-2)30-26(29)23(20)24(22)27/h3,7-8,11-17H,1,4-6,9-10H2,2H3/b8-7+. The minimum Gasteiger partial charge on any atom is -0.427 e. The summed E-state index contributed by atoms with van der Waals surface area (Å²) in [6, 6.07) is 11.5. The molecule has 0 spiro atoms. The molecule has 0 fully saturated rings. The van der Waals surface area contributed by atoms with Crippen molar-refractivity contribution >= 4 is 16.7 Å². The molecule has 31 heavy (non-hydrogen) atoms. The number of aryl methyl sites for hydroxylation is 2. The minimum absolute atomic E-state index is 0.223. The van der Waals surface area contributed by atoms with Gasteiger partial charge in [-0.1, -0.05) is 43.4 Å². The van der Waals surface area contributed by atoms with E-state index in [-0.39, 0.29) is 11.1 Å². The van der Waals surface area contributed by atoms with Crippen LogP contribution in [0.15, 0.2) is 76.5 Å². The molecule has 3 rings (SSSR count). The van der Waals surface area contributed by atoms with Gasteiger partial charge in [-0.15, -0.1) is 6.58 Å². The second kappa shape index (κ2) is 10.5. The lowest BCUT2D eigenvalue weighted by Crippen LogP contribution is -2.11. The van der Waals surface area contributed by atoms with Crippen molar-refractivity contribution in [2.24, 2.45) is 0 Å². The number of rotatable bonds is 9. The Hall–Kier alpha value is -3.47. The summed E-state index contributed by atoms with van der Waals surface area (Å²) in [5, 5.41) is 0.187. The fourth-order valence-corrected chi connectivity index (χ4v) is 3.19. The molecule has 0 radical (unpaired) electrons. The fourth-order valence-electron chi connectivity index (χ4n) is 3.19. The number of hydrogen-bond acceptors (Lipinski definition) is 4. The highest BCUT2D eigenvalue weighted by molar-refractivity contribution is 5.92. The van der Waals surface area contributed by atoms with Crippen molar-refractivity contribution in [1.82, 2.24) is 0 Å². The number of hydrogen-bond donors (Lipinski definition) is 0. The van der Waals surface area contributed by atoms with E-state index in [2.05, 4.69) is 18.7 Å². The molecule has 0 N–H and O–H groups in total. The van der Waals surface area contributed by atoms with Gasteiger partial charge in [-0.25, -0.2) is 14.0 Å². The van der Waals surface area contributed by atoms with Crippen molar-refractivity contribution in [3.05, 3.63) is 100 Å². The lowest BCUT2D eigenvalue weighted by Gasteiger charge is -2.08. The van der Waals surface area contributed by atoms with E-state index in [1.807, 2.05) is 25.1 Å². The first-order valence-electron chi connectivity index (χ1n) is 10.4. The van der Waals surface area contributed by atoms with E-state index in [1.165, 1.54) is 6.07 Å². The average molecular weight is 420 g/mol. The Balaban J connectivity index is 1.68. The van der Waals surface area contributed by atoms with Crippen molar-refractivity contribution in [1.29, 1.82) is 0 Å². The van der Waals surface area contributed by atoms with E-state index in [0.29, 0.717) is 23.1 Å². The summed E-state index contributed by atoms with van der Waals surface area (Å²) in [7, 11) is 0. The molecule has 0 saturated heterocycles. The first kappa shape index (κ1) is 22.2. The highest BCUT2D eigenvalue weighted by Gasteiger charge is 2.17. The lowest BCUT2D eigenvalue weighted by atomic mass is 10.1. The van der Waals surface area contributed by atoms with Gasteiger partial charge in [-0.05, 0) is 60.9 Å². The van der Waals surface area contributed by atoms with Crippen molar-refractivity contribution < 1.29 is 18.3 Å². The van der Waals surface area contributed by atoms with Gasteiger partial charge in [0.05, 0.1) is 5.56 Å². The molecule has 0 aliphatic rings. The number of halogens is 1. The van der Waals surface area contributed by atoms with Crippen LogP contribution in [0.2, 0.25) is 0 Å². The molecule has 160 valence electrons. The van der Waals surface area contributed by atoms with Crippen molar-refractivity contribution in [2.45, 2.75) is 39.0 Å². The van der Waals surface area contributed by atoms with Crippen molar-refractivity contribution in [2.75, 3.05) is 0 Å². The number of allylic oxidation sites excluding steroid dienone is 3. The Morgan fingerprint density at radius 3 is 2.55 bits per heavy atom. The third-order valence-corrected chi connectivity index (χ3v) is 4.93. The first-order chi connectivity index (χ1) is 15.0. The zero-order chi connectivity index (χ0) is 22.2. The van der Waals surface area contributed by atoms with Gasteiger partial charge in [0.15, 0.2) is 11.6 Å². The van der Waals surface area contributed by atoms with Crippen LogP contribution >= 0.6 is 0 Å². The van der Waals surface area contributed by atoms with Crippen molar-refractivity contribution in [3.8, 4) is 5.75 Å². The van der Waals surface area contributed by atoms with E-state index >= 15 is 0 Å². The molecule has 0 atom stereocenters. The highest BCUT2D eigenvalue weighted by atomic mass is 19.1. The fraction of sp³-hybridized carbons (Fsp3) is 0.231. The molecular formula is C26H25FO4. The Bertz CT molecular complexity index is 1160. The van der Waals surface area contributed by atoms with Gasteiger partial charge in [-0.2, -0.15) is 0 Å². The van der Waals surface area contributed by atoms with Crippen LogP contribution in [0, 0.1) is 5.82 Å². The predicted molar refractivity (Wildman–Crippen MR) is 120 cm³/mol. The molecular weight excluding hydrogens is 395 g/mol. The monoisotopic (exact) mass is 420 g/mol. The summed E-state index contributed by atoms with van der Waals surface area (Å²) in [6.45, 7) is 5.53. The molecule has 0 unspecified atom stereocenters. The van der Waals surface area contributed by atoms with Gasteiger partial charge in [-0.3, -0.25) is 0 Å². The minimum atomic E-state index is -0.901. The van der Waals surface area contributed by atoms with Crippen LogP contribution < -0.4 is 10.4 Å². The molecule has 3 aromatic rings. The van der Waals surface area contributed by atoms with Gasteiger partial charge >= 0.3 is 11.6 Å². The number of ether oxygens (including phenoxy) is 1. The summed E-state index contributed by atoms with van der Waals surface area (Å²) < 4.78 is 25.1. The average Bonchev–Trinajstić information content (AvgIpc) is 2.78. The molecule has 5 heteroatoms. The summed E-state index contributed by atoms with van der Waals surface area (Å²) in [5.74, 6) is -1.43. The third kappa shape index (κ3) is 5.57. The first-order valence-corrected chi connectivity index (χ1v) is 10.4. The number of esters is 1. The summed E-state index contributed by atoms with van der Waals surface area (Å²) in [6.07, 6.45) is 10.4. The van der Waals surface area contributed by atoms with Crippen LogP contribution in [0.5, 0.6) is 5.75 Å². The lowest BCUT2D eigenvalue weighted by molar-refractivity contribution is 0.0728. The molecule has 2 aromatic carbocycles. The second-order valence-corrected chi connectivity index (χ2v) is 7.16. The van der Waals surface area contributed by atoms with E-state index in [1.54, 1.807) is 24.3 Å². The summed E-state index contributed by atoms with van der Waals surface area (Å²) in [4.78, 5) is 24.6. The molecule has 0 bridgehead atoms. The zero-order valence-corrected chi connectivity index (χ0v) is 17.5. The smallest absolute Gasteiger partial charge is 0.346 e. The van der Waals surface area contributed by atoms with Crippen LogP contribution in [0.3, 0.4) is 0 Å². The van der Waals surface area contributed by atoms with Crippen LogP contribution in [-0.2, 0) is 12.8 Å². The Labute approximate surface area is 180 Å². The molecule has 0 amide bonds. The number of carbonyl (C=O) groups excluding carboxylic acids is 1. The number of benzene rings is 2. The van der Waals surface area contributed by atoms with E-state index < -0.39 is 17.4 Å². The van der Waals surface area contributed by atoms with Gasteiger partial charge in [0.2, 0.25) is 0 Å². The maximum absolute atomic E-state index is 14.8. The molecule has 0 saturated carbocycles. The van der Waals surface area contributed by atoms with Gasteiger partial charge < -0.3 is 9.15 Å².